The number of aromatic nitrogens is 1. The van der Waals surface area contributed by atoms with Crippen LogP contribution in [-0.4, -0.2) is 22.0 Å². The highest BCUT2D eigenvalue weighted by molar-refractivity contribution is 6.10. The molecule has 5 rings (SSSR count). The van der Waals surface area contributed by atoms with Crippen LogP contribution in [0.4, 0.5) is 5.69 Å². The van der Waals surface area contributed by atoms with Gasteiger partial charge in [-0.3, -0.25) is 9.59 Å². The van der Waals surface area contributed by atoms with Gasteiger partial charge in [0.15, 0.2) is 5.60 Å². The maximum Gasteiger partial charge on any atom is 0.313 e. The monoisotopic (exact) mass is 390 g/mol. The summed E-state index contributed by atoms with van der Waals surface area (Å²) in [5.74, 6) is -0.485. The summed E-state index contributed by atoms with van der Waals surface area (Å²) in [5, 5.41) is 5.33. The van der Waals surface area contributed by atoms with Crippen LogP contribution < -0.4 is 5.32 Å². The predicted molar refractivity (Wildman–Crippen MR) is 114 cm³/mol. The van der Waals surface area contributed by atoms with Crippen LogP contribution in [0, 0.1) is 10.8 Å². The average Bonchev–Trinajstić information content (AvgIpc) is 3.18. The normalized spacial score (nSPS) is 27.5. The fraction of sp³-hybridized carbons (Fsp3) is 0.417. The number of hydrogen-bond donors (Lipinski definition) is 1. The lowest BCUT2D eigenvalue weighted by molar-refractivity contribution is -0.165. The zero-order valence-electron chi connectivity index (χ0n) is 17.3. The van der Waals surface area contributed by atoms with Crippen LogP contribution in [0.15, 0.2) is 42.5 Å². The summed E-state index contributed by atoms with van der Waals surface area (Å²) in [4.78, 5) is 25.9. The first kappa shape index (κ1) is 18.2. The predicted octanol–water partition coefficient (Wildman–Crippen LogP) is 4.87. The first-order valence-corrected chi connectivity index (χ1v) is 10.3. The Labute approximate surface area is 170 Å². The molecule has 0 radical (unpaired) electrons. The van der Waals surface area contributed by atoms with Gasteiger partial charge in [-0.05, 0) is 51.0 Å². The third-order valence-electron chi connectivity index (χ3n) is 7.80. The van der Waals surface area contributed by atoms with E-state index in [0.29, 0.717) is 12.8 Å². The summed E-state index contributed by atoms with van der Waals surface area (Å²) < 4.78 is 8.00. The number of aryl methyl sites for hydroxylation is 1. The van der Waals surface area contributed by atoms with Crippen LogP contribution in [0.3, 0.4) is 0 Å². The zero-order chi connectivity index (χ0) is 20.6. The average molecular weight is 390 g/mol. The van der Waals surface area contributed by atoms with Crippen molar-refractivity contribution in [3.8, 4) is 0 Å². The van der Waals surface area contributed by atoms with E-state index < -0.39 is 16.4 Å². The molecule has 1 amide bonds. The Balaban J connectivity index is 1.55. The maximum atomic E-state index is 13.4. The quantitative estimate of drug-likeness (QED) is 0.649. The number of amides is 1. The zero-order valence-corrected chi connectivity index (χ0v) is 17.3. The van der Waals surface area contributed by atoms with Gasteiger partial charge in [0.2, 0.25) is 0 Å². The molecule has 29 heavy (non-hydrogen) atoms. The Morgan fingerprint density at radius 2 is 1.79 bits per heavy atom. The van der Waals surface area contributed by atoms with Gasteiger partial charge in [0.1, 0.15) is 0 Å². The van der Waals surface area contributed by atoms with Gasteiger partial charge in [-0.2, -0.15) is 0 Å². The van der Waals surface area contributed by atoms with Crippen molar-refractivity contribution in [2.24, 2.45) is 10.8 Å². The molecule has 2 fully saturated rings. The Hall–Kier alpha value is -2.82. The number of hydrogen-bond acceptors (Lipinski definition) is 3. The van der Waals surface area contributed by atoms with Crippen molar-refractivity contribution in [2.45, 2.75) is 52.7 Å². The molecular formula is C24H26N2O3. The van der Waals surface area contributed by atoms with Crippen LogP contribution >= 0.6 is 0 Å². The number of para-hydroxylation sites is 1. The standard InChI is InChI=1S/C24H26N2O3/c1-5-26-18-9-7-6-8-16(18)17-14-15(10-11-19(17)26)25-20(27)24-13-12-23(4,21(28)29-24)22(24,2)3/h6-11,14H,5,12-13H2,1-4H3,(H,25,27)/t23-,24+/m0/s1. The molecule has 1 saturated heterocycles. The molecule has 2 atom stereocenters. The molecule has 0 spiro atoms. The van der Waals surface area contributed by atoms with Crippen LogP contribution in [0.1, 0.15) is 40.5 Å². The topological polar surface area (TPSA) is 60.3 Å². The van der Waals surface area contributed by atoms with Gasteiger partial charge in [-0.25, -0.2) is 0 Å². The molecule has 1 saturated carbocycles. The van der Waals surface area contributed by atoms with Crippen molar-refractivity contribution in [3.05, 3.63) is 42.5 Å². The minimum Gasteiger partial charge on any atom is -0.448 e. The van der Waals surface area contributed by atoms with E-state index in [1.54, 1.807) is 0 Å². The highest BCUT2D eigenvalue weighted by Crippen LogP contribution is 2.65. The van der Waals surface area contributed by atoms with E-state index in [4.69, 9.17) is 4.74 Å². The van der Waals surface area contributed by atoms with Crippen molar-refractivity contribution < 1.29 is 14.3 Å². The molecule has 2 bridgehead atoms. The smallest absolute Gasteiger partial charge is 0.313 e. The van der Waals surface area contributed by atoms with Crippen molar-refractivity contribution in [1.29, 1.82) is 0 Å². The summed E-state index contributed by atoms with van der Waals surface area (Å²) in [6, 6.07) is 14.3. The summed E-state index contributed by atoms with van der Waals surface area (Å²) >= 11 is 0. The first-order chi connectivity index (χ1) is 13.7. The minimum atomic E-state index is -1.11. The molecule has 3 aromatic rings. The molecule has 1 aromatic heterocycles. The number of anilines is 1. The maximum absolute atomic E-state index is 13.4. The van der Waals surface area contributed by atoms with Crippen molar-refractivity contribution in [2.75, 3.05) is 5.32 Å². The number of carbonyl (C=O) groups is 2. The number of nitrogens with one attached hydrogen (secondary N) is 1. The number of esters is 1. The Kier molecular flexibility index (Phi) is 3.53. The second kappa shape index (κ2) is 5.62. The van der Waals surface area contributed by atoms with E-state index in [1.165, 1.54) is 10.9 Å². The lowest BCUT2D eigenvalue weighted by Crippen LogP contribution is -2.50. The second-order valence-electron chi connectivity index (χ2n) is 9.12. The van der Waals surface area contributed by atoms with Crippen molar-refractivity contribution in [1.82, 2.24) is 4.57 Å². The minimum absolute atomic E-state index is 0.226. The number of carbonyl (C=O) groups excluding carboxylic acids is 2. The molecule has 1 aliphatic carbocycles. The van der Waals surface area contributed by atoms with E-state index in [2.05, 4.69) is 35.0 Å². The van der Waals surface area contributed by atoms with Gasteiger partial charge in [0.05, 0.1) is 5.41 Å². The SMILES string of the molecule is CCn1c2ccccc2c2cc(NC(=O)[C@@]34CC[C@@](C)(C(=O)O3)C4(C)C)ccc21. The molecular weight excluding hydrogens is 364 g/mol. The molecule has 150 valence electrons. The molecule has 2 heterocycles. The molecule has 1 aliphatic heterocycles. The summed E-state index contributed by atoms with van der Waals surface area (Å²) in [5.41, 5.74) is 0.788. The number of ether oxygens (including phenoxy) is 1. The van der Waals surface area contributed by atoms with E-state index in [1.807, 2.05) is 45.0 Å². The van der Waals surface area contributed by atoms with Crippen LogP contribution in [-0.2, 0) is 20.9 Å². The summed E-state index contributed by atoms with van der Waals surface area (Å²) in [6.07, 6.45) is 1.24. The van der Waals surface area contributed by atoms with Gasteiger partial charge in [0.25, 0.3) is 5.91 Å². The molecule has 1 N–H and O–H groups in total. The third-order valence-corrected chi connectivity index (χ3v) is 7.80. The second-order valence-corrected chi connectivity index (χ2v) is 9.12. The summed E-state index contributed by atoms with van der Waals surface area (Å²) in [6.45, 7) is 8.88. The Bertz CT molecular complexity index is 1190. The van der Waals surface area contributed by atoms with Gasteiger partial charge in [-0.15, -0.1) is 0 Å². The van der Waals surface area contributed by atoms with Crippen LogP contribution in [0.5, 0.6) is 0 Å². The number of benzene rings is 2. The highest BCUT2D eigenvalue weighted by Gasteiger charge is 2.75. The summed E-state index contributed by atoms with van der Waals surface area (Å²) in [7, 11) is 0. The number of fused-ring (bicyclic) bond motifs is 5. The largest absolute Gasteiger partial charge is 0.448 e. The lowest BCUT2D eigenvalue weighted by atomic mass is 9.66. The lowest BCUT2D eigenvalue weighted by Gasteiger charge is -2.35. The number of rotatable bonds is 3. The van der Waals surface area contributed by atoms with Crippen LogP contribution in [0.2, 0.25) is 0 Å². The van der Waals surface area contributed by atoms with E-state index >= 15 is 0 Å². The molecule has 0 unspecified atom stereocenters. The van der Waals surface area contributed by atoms with Gasteiger partial charge >= 0.3 is 5.97 Å². The molecule has 2 aliphatic rings. The third kappa shape index (κ3) is 2.05. The van der Waals surface area contributed by atoms with Gasteiger partial charge < -0.3 is 14.6 Å². The van der Waals surface area contributed by atoms with E-state index in [9.17, 15) is 9.59 Å². The van der Waals surface area contributed by atoms with Gasteiger partial charge in [0, 0.05) is 39.5 Å². The van der Waals surface area contributed by atoms with Crippen LogP contribution in [0.25, 0.3) is 21.8 Å². The fourth-order valence-corrected chi connectivity index (χ4v) is 5.45. The van der Waals surface area contributed by atoms with E-state index in [0.717, 1.165) is 23.1 Å². The van der Waals surface area contributed by atoms with Crippen molar-refractivity contribution in [3.63, 3.8) is 0 Å². The fourth-order valence-electron chi connectivity index (χ4n) is 5.45. The number of nitrogens with zero attached hydrogens (tertiary/aromatic N) is 1. The Morgan fingerprint density at radius 3 is 2.45 bits per heavy atom. The van der Waals surface area contributed by atoms with Gasteiger partial charge in [-0.1, -0.05) is 32.0 Å². The van der Waals surface area contributed by atoms with Crippen molar-refractivity contribution >= 4 is 39.4 Å². The van der Waals surface area contributed by atoms with E-state index in [-0.39, 0.29) is 11.9 Å². The Morgan fingerprint density at radius 1 is 1.07 bits per heavy atom. The first-order valence-electron chi connectivity index (χ1n) is 10.3. The molecule has 2 aromatic carbocycles. The highest BCUT2D eigenvalue weighted by atomic mass is 16.6. The molecule has 5 heteroatoms. The molecule has 5 nitrogen and oxygen atoms in total.